The Labute approximate surface area is 142 Å². The maximum absolute atomic E-state index is 11.8. The third-order valence-corrected chi connectivity index (χ3v) is 3.91. The van der Waals surface area contributed by atoms with Crippen molar-refractivity contribution in [2.45, 2.75) is 32.9 Å². The van der Waals surface area contributed by atoms with Crippen molar-refractivity contribution in [3.63, 3.8) is 0 Å². The van der Waals surface area contributed by atoms with Crippen molar-refractivity contribution in [1.82, 2.24) is 20.4 Å². The smallest absolute Gasteiger partial charge is 0.315 e. The van der Waals surface area contributed by atoms with Gasteiger partial charge in [-0.15, -0.1) is 0 Å². The van der Waals surface area contributed by atoms with Crippen LogP contribution in [0.5, 0.6) is 0 Å². The molecule has 6 nitrogen and oxygen atoms in total. The molecule has 3 N–H and O–H groups in total. The number of hydrogen-bond donors (Lipinski definition) is 3. The van der Waals surface area contributed by atoms with Crippen LogP contribution in [-0.4, -0.2) is 33.6 Å². The molecule has 24 heavy (non-hydrogen) atoms. The predicted octanol–water partition coefficient (Wildman–Crippen LogP) is 2.29. The summed E-state index contributed by atoms with van der Waals surface area (Å²) in [4.78, 5) is 11.8. The van der Waals surface area contributed by atoms with E-state index in [-0.39, 0.29) is 18.1 Å². The zero-order valence-electron chi connectivity index (χ0n) is 14.5. The molecular weight excluding hydrogens is 304 g/mol. The number of nitrogens with zero attached hydrogens (tertiary/aromatic N) is 2. The van der Waals surface area contributed by atoms with E-state index in [9.17, 15) is 9.90 Å². The molecule has 0 aliphatic carbocycles. The number of rotatable bonds is 7. The molecule has 2 amide bonds. The van der Waals surface area contributed by atoms with Crippen LogP contribution in [0.2, 0.25) is 0 Å². The fourth-order valence-corrected chi connectivity index (χ4v) is 2.34. The van der Waals surface area contributed by atoms with Crippen LogP contribution in [0.4, 0.5) is 4.79 Å². The first-order chi connectivity index (χ1) is 11.5. The van der Waals surface area contributed by atoms with E-state index in [0.29, 0.717) is 19.5 Å². The van der Waals surface area contributed by atoms with Crippen molar-refractivity contribution in [2.24, 2.45) is 13.0 Å². The lowest BCUT2D eigenvalue weighted by Crippen LogP contribution is -2.37. The molecule has 0 spiro atoms. The van der Waals surface area contributed by atoms with E-state index in [1.54, 1.807) is 4.68 Å². The van der Waals surface area contributed by atoms with Crippen LogP contribution in [0.25, 0.3) is 11.1 Å². The minimum absolute atomic E-state index is 0.199. The molecule has 0 aliphatic heterocycles. The molecule has 1 aromatic carbocycles. The molecule has 1 atom stereocenters. The Morgan fingerprint density at radius 2 is 2.08 bits per heavy atom. The molecule has 0 saturated heterocycles. The quantitative estimate of drug-likeness (QED) is 0.729. The van der Waals surface area contributed by atoms with E-state index < -0.39 is 0 Å². The number of amides is 2. The second-order valence-corrected chi connectivity index (χ2v) is 6.31. The number of aliphatic hydroxyl groups is 1. The maximum atomic E-state index is 11.8. The van der Waals surface area contributed by atoms with E-state index in [2.05, 4.69) is 15.7 Å². The Bertz CT molecular complexity index is 667. The van der Waals surface area contributed by atoms with Crippen LogP contribution < -0.4 is 10.6 Å². The summed E-state index contributed by atoms with van der Waals surface area (Å²) < 4.78 is 1.76. The second kappa shape index (κ2) is 8.49. The Kier molecular flexibility index (Phi) is 6.37. The van der Waals surface area contributed by atoms with Gasteiger partial charge < -0.3 is 15.7 Å². The first kappa shape index (κ1) is 18.0. The number of aliphatic hydroxyl groups excluding tert-OH is 1. The zero-order chi connectivity index (χ0) is 17.5. The van der Waals surface area contributed by atoms with Gasteiger partial charge in [0.05, 0.1) is 12.3 Å². The highest BCUT2D eigenvalue weighted by Gasteiger charge is 2.09. The average molecular weight is 330 g/mol. The molecule has 0 saturated carbocycles. The maximum Gasteiger partial charge on any atom is 0.315 e. The average Bonchev–Trinajstić information content (AvgIpc) is 2.99. The van der Waals surface area contributed by atoms with Gasteiger partial charge in [0.2, 0.25) is 0 Å². The summed E-state index contributed by atoms with van der Waals surface area (Å²) >= 11 is 0. The minimum atomic E-state index is -0.388. The molecule has 1 aromatic heterocycles. The fourth-order valence-electron chi connectivity index (χ4n) is 2.34. The van der Waals surface area contributed by atoms with Crippen molar-refractivity contribution in [1.29, 1.82) is 0 Å². The topological polar surface area (TPSA) is 79.2 Å². The summed E-state index contributed by atoms with van der Waals surface area (Å²) in [6.07, 6.45) is 3.95. The third-order valence-electron chi connectivity index (χ3n) is 3.91. The van der Waals surface area contributed by atoms with Crippen LogP contribution in [0.3, 0.4) is 0 Å². The van der Waals surface area contributed by atoms with Crippen molar-refractivity contribution in [2.75, 3.05) is 6.54 Å². The van der Waals surface area contributed by atoms with Crippen LogP contribution in [0.15, 0.2) is 36.7 Å². The zero-order valence-corrected chi connectivity index (χ0v) is 14.5. The summed E-state index contributed by atoms with van der Waals surface area (Å²) in [5, 5.41) is 19.5. The molecule has 2 aromatic rings. The molecule has 0 fully saturated rings. The third kappa shape index (κ3) is 5.38. The normalized spacial score (nSPS) is 12.2. The summed E-state index contributed by atoms with van der Waals surface area (Å²) in [7, 11) is 1.88. The van der Waals surface area contributed by atoms with Gasteiger partial charge in [-0.25, -0.2) is 4.79 Å². The second-order valence-electron chi connectivity index (χ2n) is 6.31. The Morgan fingerprint density at radius 3 is 2.75 bits per heavy atom. The van der Waals surface area contributed by atoms with Gasteiger partial charge in [-0.1, -0.05) is 32.0 Å². The Hall–Kier alpha value is -2.34. The van der Waals surface area contributed by atoms with Gasteiger partial charge >= 0.3 is 6.03 Å². The van der Waals surface area contributed by atoms with E-state index >= 15 is 0 Å². The molecular formula is C18H26N4O2. The largest absolute Gasteiger partial charge is 0.393 e. The number of hydrogen-bond acceptors (Lipinski definition) is 3. The first-order valence-electron chi connectivity index (χ1n) is 8.23. The van der Waals surface area contributed by atoms with Crippen LogP contribution in [0.1, 0.15) is 25.8 Å². The number of carbonyl (C=O) groups excluding carboxylic acids is 1. The lowest BCUT2D eigenvalue weighted by atomic mass is 10.0. The van der Waals surface area contributed by atoms with Gasteiger partial charge in [-0.3, -0.25) is 4.68 Å². The number of benzene rings is 1. The van der Waals surface area contributed by atoms with Crippen LogP contribution in [-0.2, 0) is 13.6 Å². The number of aryl methyl sites for hydroxylation is 1. The van der Waals surface area contributed by atoms with Gasteiger partial charge in [0.15, 0.2) is 0 Å². The Morgan fingerprint density at radius 1 is 1.29 bits per heavy atom. The summed E-state index contributed by atoms with van der Waals surface area (Å²) in [6, 6.07) is 7.78. The molecule has 0 aliphatic rings. The summed E-state index contributed by atoms with van der Waals surface area (Å²) in [5.41, 5.74) is 3.14. The highest BCUT2D eigenvalue weighted by atomic mass is 16.3. The molecule has 130 valence electrons. The lowest BCUT2D eigenvalue weighted by Gasteiger charge is -2.14. The molecule has 6 heteroatoms. The highest BCUT2D eigenvalue weighted by Crippen LogP contribution is 2.19. The van der Waals surface area contributed by atoms with Crippen molar-refractivity contribution in [3.8, 4) is 11.1 Å². The molecule has 1 unspecified atom stereocenters. The van der Waals surface area contributed by atoms with Crippen molar-refractivity contribution < 1.29 is 9.90 Å². The predicted molar refractivity (Wildman–Crippen MR) is 94.3 cm³/mol. The summed E-state index contributed by atoms with van der Waals surface area (Å²) in [5.74, 6) is 0.199. The number of nitrogens with one attached hydrogen (secondary N) is 2. The van der Waals surface area contributed by atoms with E-state index in [0.717, 1.165) is 16.7 Å². The van der Waals surface area contributed by atoms with Gasteiger partial charge in [-0.05, 0) is 29.5 Å². The molecule has 1 heterocycles. The minimum Gasteiger partial charge on any atom is -0.393 e. The fraction of sp³-hybridized carbons (Fsp3) is 0.444. The standard InChI is InChI=1S/C18H26N4O2/c1-13(2)17(23)7-8-19-18(24)20-10-14-5-4-6-15(9-14)16-11-21-22(3)12-16/h4-6,9,11-13,17,23H,7-8,10H2,1-3H3,(H2,19,20,24). The summed E-state index contributed by atoms with van der Waals surface area (Å²) in [6.45, 7) is 4.83. The van der Waals surface area contributed by atoms with Crippen LogP contribution >= 0.6 is 0 Å². The van der Waals surface area contributed by atoms with Gasteiger partial charge in [0, 0.05) is 31.9 Å². The monoisotopic (exact) mass is 330 g/mol. The highest BCUT2D eigenvalue weighted by molar-refractivity contribution is 5.73. The number of aromatic nitrogens is 2. The van der Waals surface area contributed by atoms with Crippen molar-refractivity contribution in [3.05, 3.63) is 42.2 Å². The van der Waals surface area contributed by atoms with Gasteiger partial charge in [-0.2, -0.15) is 5.10 Å². The van der Waals surface area contributed by atoms with Gasteiger partial charge in [0.25, 0.3) is 0 Å². The molecule has 2 rings (SSSR count). The van der Waals surface area contributed by atoms with Crippen LogP contribution in [0, 0.1) is 5.92 Å². The SMILES string of the molecule is CC(C)C(O)CCNC(=O)NCc1cccc(-c2cnn(C)c2)c1. The van der Waals surface area contributed by atoms with E-state index in [1.165, 1.54) is 0 Å². The van der Waals surface area contributed by atoms with Gasteiger partial charge in [0.1, 0.15) is 0 Å². The number of carbonyl (C=O) groups is 1. The van der Waals surface area contributed by atoms with E-state index in [4.69, 9.17) is 0 Å². The molecule has 0 bridgehead atoms. The Balaban J connectivity index is 1.81. The number of urea groups is 1. The first-order valence-corrected chi connectivity index (χ1v) is 8.23. The molecule has 0 radical (unpaired) electrons. The van der Waals surface area contributed by atoms with Crippen molar-refractivity contribution >= 4 is 6.03 Å². The lowest BCUT2D eigenvalue weighted by molar-refractivity contribution is 0.116. The van der Waals surface area contributed by atoms with E-state index in [1.807, 2.05) is 57.6 Å².